The van der Waals surface area contributed by atoms with Gasteiger partial charge in [-0.1, -0.05) is 28.1 Å². The van der Waals surface area contributed by atoms with Crippen LogP contribution in [-0.4, -0.2) is 43.0 Å². The maximum atomic E-state index is 12.1. The SMILES string of the molecule is COC(=O)c1cc2c(C(Br)c3ccc(C(=O)N(C)C)cc3)cc(I)cc2[nH]1. The van der Waals surface area contributed by atoms with Crippen LogP contribution in [0.25, 0.3) is 10.9 Å². The molecule has 1 heterocycles. The van der Waals surface area contributed by atoms with Crippen molar-refractivity contribution in [2.75, 3.05) is 21.2 Å². The van der Waals surface area contributed by atoms with Crippen molar-refractivity contribution >= 4 is 61.3 Å². The summed E-state index contributed by atoms with van der Waals surface area (Å²) in [5, 5.41) is 0.950. The van der Waals surface area contributed by atoms with Gasteiger partial charge in [0, 0.05) is 34.1 Å². The standard InChI is InChI=1S/C20H18BrIN2O3/c1-24(2)19(25)12-6-4-11(5-7-12)18(21)15-8-13(22)9-16-14(15)10-17(23-16)20(26)27-3/h4-10,18,23H,1-3H3. The van der Waals surface area contributed by atoms with Crippen LogP contribution in [-0.2, 0) is 4.74 Å². The second-order valence-electron chi connectivity index (χ2n) is 6.31. The van der Waals surface area contributed by atoms with E-state index in [1.54, 1.807) is 19.0 Å². The molecule has 0 aliphatic heterocycles. The van der Waals surface area contributed by atoms with Crippen molar-refractivity contribution in [3.63, 3.8) is 0 Å². The molecule has 0 saturated carbocycles. The molecule has 0 spiro atoms. The lowest BCUT2D eigenvalue weighted by Crippen LogP contribution is -2.21. The molecular weight excluding hydrogens is 523 g/mol. The van der Waals surface area contributed by atoms with Crippen LogP contribution in [0.4, 0.5) is 0 Å². The fourth-order valence-corrected chi connectivity index (χ4v) is 4.22. The number of H-pyrrole nitrogens is 1. The van der Waals surface area contributed by atoms with Gasteiger partial charge in [-0.15, -0.1) is 0 Å². The molecule has 5 nitrogen and oxygen atoms in total. The van der Waals surface area contributed by atoms with Gasteiger partial charge in [0.2, 0.25) is 0 Å². The Kier molecular flexibility index (Phi) is 5.90. The lowest BCUT2D eigenvalue weighted by Gasteiger charge is -2.15. The van der Waals surface area contributed by atoms with Crippen molar-refractivity contribution in [2.24, 2.45) is 0 Å². The van der Waals surface area contributed by atoms with E-state index in [1.807, 2.05) is 36.4 Å². The van der Waals surface area contributed by atoms with Crippen LogP contribution in [0.2, 0.25) is 0 Å². The summed E-state index contributed by atoms with van der Waals surface area (Å²) in [5.41, 5.74) is 4.00. The summed E-state index contributed by atoms with van der Waals surface area (Å²) in [6, 6.07) is 13.4. The molecule has 140 valence electrons. The van der Waals surface area contributed by atoms with Gasteiger partial charge < -0.3 is 14.6 Å². The molecule has 0 bridgehead atoms. The molecule has 1 atom stereocenters. The molecule has 3 aromatic rings. The largest absolute Gasteiger partial charge is 0.464 e. The minimum atomic E-state index is -0.398. The smallest absolute Gasteiger partial charge is 0.354 e. The van der Waals surface area contributed by atoms with Gasteiger partial charge in [0.25, 0.3) is 5.91 Å². The van der Waals surface area contributed by atoms with E-state index in [9.17, 15) is 9.59 Å². The van der Waals surface area contributed by atoms with E-state index in [0.717, 1.165) is 25.6 Å². The van der Waals surface area contributed by atoms with Crippen molar-refractivity contribution in [1.29, 1.82) is 0 Å². The fraction of sp³-hybridized carbons (Fsp3) is 0.200. The number of alkyl halides is 1. The molecular formula is C20H18BrIN2O3. The van der Waals surface area contributed by atoms with Crippen molar-refractivity contribution in [1.82, 2.24) is 9.88 Å². The zero-order chi connectivity index (χ0) is 19.7. The number of hydrogen-bond donors (Lipinski definition) is 1. The Morgan fingerprint density at radius 3 is 2.41 bits per heavy atom. The molecule has 1 N–H and O–H groups in total. The quantitative estimate of drug-likeness (QED) is 0.295. The first-order chi connectivity index (χ1) is 12.8. The van der Waals surface area contributed by atoms with Crippen LogP contribution in [0, 0.1) is 3.57 Å². The third-order valence-electron chi connectivity index (χ3n) is 4.27. The van der Waals surface area contributed by atoms with Gasteiger partial charge in [0.15, 0.2) is 0 Å². The highest BCUT2D eigenvalue weighted by molar-refractivity contribution is 14.1. The van der Waals surface area contributed by atoms with Crippen molar-refractivity contribution in [3.8, 4) is 0 Å². The van der Waals surface area contributed by atoms with E-state index < -0.39 is 5.97 Å². The summed E-state index contributed by atoms with van der Waals surface area (Å²) in [4.78, 5) is 28.5. The lowest BCUT2D eigenvalue weighted by molar-refractivity contribution is 0.0595. The number of methoxy groups -OCH3 is 1. The molecule has 0 radical (unpaired) electrons. The van der Waals surface area contributed by atoms with Crippen LogP contribution >= 0.6 is 38.5 Å². The fourth-order valence-electron chi connectivity index (χ4n) is 2.89. The maximum absolute atomic E-state index is 12.1. The first-order valence-electron chi connectivity index (χ1n) is 8.18. The van der Waals surface area contributed by atoms with Crippen LogP contribution < -0.4 is 0 Å². The number of nitrogens with zero attached hydrogens (tertiary/aromatic N) is 1. The molecule has 1 aromatic heterocycles. The Labute approximate surface area is 179 Å². The van der Waals surface area contributed by atoms with Crippen molar-refractivity contribution < 1.29 is 14.3 Å². The highest BCUT2D eigenvalue weighted by atomic mass is 127. The number of aromatic amines is 1. The Balaban J connectivity index is 2.02. The monoisotopic (exact) mass is 540 g/mol. The molecule has 0 fully saturated rings. The Bertz CT molecular complexity index is 1010. The molecule has 0 aliphatic rings. The Morgan fingerprint density at radius 1 is 1.15 bits per heavy atom. The van der Waals surface area contributed by atoms with Gasteiger partial charge in [0.1, 0.15) is 5.69 Å². The second-order valence-corrected chi connectivity index (χ2v) is 8.48. The number of benzene rings is 2. The molecule has 2 aromatic carbocycles. The third kappa shape index (κ3) is 4.03. The van der Waals surface area contributed by atoms with Gasteiger partial charge in [-0.3, -0.25) is 4.79 Å². The van der Waals surface area contributed by atoms with Gasteiger partial charge in [-0.25, -0.2) is 4.79 Å². The van der Waals surface area contributed by atoms with Crippen molar-refractivity contribution in [3.05, 3.63) is 68.4 Å². The number of esters is 1. The number of ether oxygens (including phenoxy) is 1. The number of aromatic nitrogens is 1. The van der Waals surface area contributed by atoms with E-state index in [2.05, 4.69) is 49.6 Å². The lowest BCUT2D eigenvalue weighted by atomic mass is 10.00. The van der Waals surface area contributed by atoms with Gasteiger partial charge in [-0.2, -0.15) is 0 Å². The van der Waals surface area contributed by atoms with E-state index in [4.69, 9.17) is 4.74 Å². The Morgan fingerprint density at radius 2 is 1.81 bits per heavy atom. The summed E-state index contributed by atoms with van der Waals surface area (Å²) in [5.74, 6) is -0.428. The number of nitrogens with one attached hydrogen (secondary N) is 1. The average molecular weight is 541 g/mol. The van der Waals surface area contributed by atoms with Gasteiger partial charge in [-0.05, 0) is 64.0 Å². The summed E-state index contributed by atoms with van der Waals surface area (Å²) >= 11 is 6.03. The first-order valence-corrected chi connectivity index (χ1v) is 10.2. The van der Waals surface area contributed by atoms with E-state index in [0.29, 0.717) is 11.3 Å². The number of rotatable bonds is 4. The zero-order valence-corrected chi connectivity index (χ0v) is 18.8. The first kappa shape index (κ1) is 19.9. The van der Waals surface area contributed by atoms with E-state index in [1.165, 1.54) is 7.11 Å². The number of carbonyl (C=O) groups excluding carboxylic acids is 2. The van der Waals surface area contributed by atoms with Crippen molar-refractivity contribution in [2.45, 2.75) is 4.83 Å². The molecule has 1 unspecified atom stereocenters. The van der Waals surface area contributed by atoms with Gasteiger partial charge in [0.05, 0.1) is 11.9 Å². The van der Waals surface area contributed by atoms with E-state index >= 15 is 0 Å². The highest BCUT2D eigenvalue weighted by Gasteiger charge is 2.19. The highest BCUT2D eigenvalue weighted by Crippen LogP contribution is 2.37. The molecule has 0 aliphatic carbocycles. The van der Waals surface area contributed by atoms with Crippen LogP contribution in [0.3, 0.4) is 0 Å². The molecule has 0 saturated heterocycles. The van der Waals surface area contributed by atoms with Crippen LogP contribution in [0.15, 0.2) is 42.5 Å². The summed E-state index contributed by atoms with van der Waals surface area (Å²) < 4.78 is 5.87. The number of fused-ring (bicyclic) bond motifs is 1. The minimum Gasteiger partial charge on any atom is -0.464 e. The van der Waals surface area contributed by atoms with Crippen LogP contribution in [0.5, 0.6) is 0 Å². The Hall–Kier alpha value is -1.87. The van der Waals surface area contributed by atoms with Gasteiger partial charge >= 0.3 is 5.97 Å². The molecule has 1 amide bonds. The predicted molar refractivity (Wildman–Crippen MR) is 118 cm³/mol. The number of halogens is 2. The maximum Gasteiger partial charge on any atom is 0.354 e. The second kappa shape index (κ2) is 8.02. The number of amides is 1. The zero-order valence-electron chi connectivity index (χ0n) is 15.0. The number of carbonyl (C=O) groups is 2. The number of hydrogen-bond acceptors (Lipinski definition) is 3. The predicted octanol–water partition coefficient (Wildman–Crippen LogP) is 4.75. The normalized spacial score (nSPS) is 12.0. The van der Waals surface area contributed by atoms with Crippen LogP contribution in [0.1, 0.15) is 36.8 Å². The molecule has 27 heavy (non-hydrogen) atoms. The topological polar surface area (TPSA) is 62.4 Å². The summed E-state index contributed by atoms with van der Waals surface area (Å²) in [6.07, 6.45) is 0. The summed E-state index contributed by atoms with van der Waals surface area (Å²) in [7, 11) is 4.83. The third-order valence-corrected chi connectivity index (χ3v) is 5.91. The molecule has 7 heteroatoms. The summed E-state index contributed by atoms with van der Waals surface area (Å²) in [6.45, 7) is 0. The van der Waals surface area contributed by atoms with E-state index in [-0.39, 0.29) is 10.7 Å². The average Bonchev–Trinajstić information content (AvgIpc) is 3.09. The molecule has 3 rings (SSSR count). The minimum absolute atomic E-state index is 0.0299.